The lowest BCUT2D eigenvalue weighted by Crippen LogP contribution is -2.34. The Morgan fingerprint density at radius 2 is 2.00 bits per heavy atom. The van der Waals surface area contributed by atoms with Gasteiger partial charge in [0.05, 0.1) is 18.8 Å². The second kappa shape index (κ2) is 13.0. The lowest BCUT2D eigenvalue weighted by Gasteiger charge is -2.20. The molecule has 2 atom stereocenters. The molecular formula is C27H35ClN4O2S. The van der Waals surface area contributed by atoms with Crippen molar-refractivity contribution in [2.24, 2.45) is 5.92 Å². The minimum Gasteiger partial charge on any atom is -0.497 e. The number of hydrogen-bond acceptors (Lipinski definition) is 5. The summed E-state index contributed by atoms with van der Waals surface area (Å²) in [5, 5.41) is 13.6. The molecular weight excluding hydrogens is 480 g/mol. The Balaban J connectivity index is 1.91. The molecule has 0 radical (unpaired) electrons. The summed E-state index contributed by atoms with van der Waals surface area (Å²) in [7, 11) is 1.66. The molecule has 0 bridgehead atoms. The largest absolute Gasteiger partial charge is 0.497 e. The highest BCUT2D eigenvalue weighted by Gasteiger charge is 2.24. The minimum absolute atomic E-state index is 0.00332. The molecule has 35 heavy (non-hydrogen) atoms. The van der Waals surface area contributed by atoms with Crippen LogP contribution in [0.5, 0.6) is 5.75 Å². The van der Waals surface area contributed by atoms with E-state index in [9.17, 15) is 4.79 Å². The molecule has 0 aliphatic rings. The van der Waals surface area contributed by atoms with E-state index in [1.54, 1.807) is 18.9 Å². The third-order valence-electron chi connectivity index (χ3n) is 6.09. The number of rotatable bonds is 12. The van der Waals surface area contributed by atoms with Gasteiger partial charge in [0.1, 0.15) is 5.75 Å². The fourth-order valence-corrected chi connectivity index (χ4v) is 5.04. The first kappa shape index (κ1) is 27.1. The lowest BCUT2D eigenvalue weighted by molar-refractivity contribution is -0.126. The maximum absolute atomic E-state index is 13.0. The van der Waals surface area contributed by atoms with E-state index >= 15 is 0 Å². The van der Waals surface area contributed by atoms with Crippen LogP contribution in [-0.2, 0) is 10.5 Å². The number of nitrogens with zero attached hydrogens (tertiary/aromatic N) is 3. The molecule has 0 aliphatic heterocycles. The van der Waals surface area contributed by atoms with Crippen molar-refractivity contribution in [2.75, 3.05) is 7.11 Å². The molecule has 0 saturated heterocycles. The van der Waals surface area contributed by atoms with Crippen molar-refractivity contribution in [3.05, 3.63) is 64.4 Å². The molecule has 188 valence electrons. The number of methoxy groups -OCH3 is 1. The van der Waals surface area contributed by atoms with Crippen molar-refractivity contribution in [2.45, 2.75) is 70.3 Å². The summed E-state index contributed by atoms with van der Waals surface area (Å²) in [6, 6.07) is 13.5. The Morgan fingerprint density at radius 1 is 1.20 bits per heavy atom. The zero-order valence-corrected chi connectivity index (χ0v) is 22.7. The summed E-state index contributed by atoms with van der Waals surface area (Å²) >= 11 is 7.96. The number of nitrogens with one attached hydrogen (secondary N) is 1. The van der Waals surface area contributed by atoms with Crippen molar-refractivity contribution in [3.63, 3.8) is 0 Å². The van der Waals surface area contributed by atoms with E-state index in [0.29, 0.717) is 16.6 Å². The second-order valence-electron chi connectivity index (χ2n) is 8.72. The van der Waals surface area contributed by atoms with Crippen LogP contribution in [0, 0.1) is 12.8 Å². The van der Waals surface area contributed by atoms with Crippen LogP contribution in [0.3, 0.4) is 0 Å². The average molecular weight is 515 g/mol. The van der Waals surface area contributed by atoms with Gasteiger partial charge < -0.3 is 10.1 Å². The number of halogens is 1. The van der Waals surface area contributed by atoms with Crippen molar-refractivity contribution < 1.29 is 9.53 Å². The predicted molar refractivity (Wildman–Crippen MR) is 144 cm³/mol. The fourth-order valence-electron chi connectivity index (χ4n) is 3.98. The zero-order valence-electron chi connectivity index (χ0n) is 21.2. The Bertz CT molecular complexity index is 1130. The van der Waals surface area contributed by atoms with Gasteiger partial charge >= 0.3 is 0 Å². The molecule has 1 amide bonds. The summed E-state index contributed by atoms with van der Waals surface area (Å²) < 4.78 is 7.37. The minimum atomic E-state index is -0.310. The van der Waals surface area contributed by atoms with Gasteiger partial charge in [0.25, 0.3) is 0 Å². The van der Waals surface area contributed by atoms with E-state index in [1.165, 1.54) is 0 Å². The molecule has 2 aromatic carbocycles. The zero-order chi connectivity index (χ0) is 25.4. The van der Waals surface area contributed by atoms with Crippen LogP contribution in [-0.4, -0.2) is 27.8 Å². The maximum Gasteiger partial charge on any atom is 0.223 e. The SMILES string of the molecule is CCCCC(CC)C(=O)NC(C)c1nnc(SCc2cccc(OC)c2)n1-c1cc(Cl)ccc1C. The van der Waals surface area contributed by atoms with Crippen molar-refractivity contribution in [1.82, 2.24) is 20.1 Å². The lowest BCUT2D eigenvalue weighted by atomic mass is 9.98. The topological polar surface area (TPSA) is 69.0 Å². The van der Waals surface area contributed by atoms with Crippen LogP contribution in [0.15, 0.2) is 47.6 Å². The highest BCUT2D eigenvalue weighted by atomic mass is 35.5. The third-order valence-corrected chi connectivity index (χ3v) is 7.32. The van der Waals surface area contributed by atoms with Crippen LogP contribution in [0.4, 0.5) is 0 Å². The summed E-state index contributed by atoms with van der Waals surface area (Å²) in [4.78, 5) is 13.0. The highest BCUT2D eigenvalue weighted by Crippen LogP contribution is 2.31. The first-order chi connectivity index (χ1) is 16.9. The van der Waals surface area contributed by atoms with E-state index in [1.807, 2.05) is 54.8 Å². The normalized spacial score (nSPS) is 12.9. The molecule has 3 aromatic rings. The summed E-state index contributed by atoms with van der Waals surface area (Å²) in [5.74, 6) is 2.27. The highest BCUT2D eigenvalue weighted by molar-refractivity contribution is 7.98. The van der Waals surface area contributed by atoms with Gasteiger partial charge in [-0.1, -0.05) is 68.3 Å². The summed E-state index contributed by atoms with van der Waals surface area (Å²) in [5.41, 5.74) is 3.08. The number of carbonyl (C=O) groups is 1. The molecule has 0 spiro atoms. The van der Waals surface area contributed by atoms with Crippen LogP contribution in [0.2, 0.25) is 5.02 Å². The van der Waals surface area contributed by atoms with E-state index in [2.05, 4.69) is 35.4 Å². The van der Waals surface area contributed by atoms with Crippen molar-refractivity contribution in [3.8, 4) is 11.4 Å². The van der Waals surface area contributed by atoms with Gasteiger partial charge in [-0.25, -0.2) is 0 Å². The second-order valence-corrected chi connectivity index (χ2v) is 10.1. The molecule has 1 aromatic heterocycles. The Labute approximate surface area is 217 Å². The summed E-state index contributed by atoms with van der Waals surface area (Å²) in [6.07, 6.45) is 3.84. The van der Waals surface area contributed by atoms with E-state index in [4.69, 9.17) is 16.3 Å². The van der Waals surface area contributed by atoms with Crippen LogP contribution in [0.25, 0.3) is 5.69 Å². The molecule has 8 heteroatoms. The molecule has 2 unspecified atom stereocenters. The Morgan fingerprint density at radius 3 is 2.71 bits per heavy atom. The molecule has 0 aliphatic carbocycles. The number of aryl methyl sites for hydroxylation is 1. The van der Waals surface area contributed by atoms with E-state index in [-0.39, 0.29) is 17.9 Å². The van der Waals surface area contributed by atoms with Crippen LogP contribution >= 0.6 is 23.4 Å². The average Bonchev–Trinajstić information content (AvgIpc) is 3.28. The maximum atomic E-state index is 13.0. The fraction of sp³-hybridized carbons (Fsp3) is 0.444. The smallest absolute Gasteiger partial charge is 0.223 e. The number of amides is 1. The Hall–Kier alpha value is -2.51. The predicted octanol–water partition coefficient (Wildman–Crippen LogP) is 6.92. The molecule has 3 rings (SSSR count). The van der Waals surface area contributed by atoms with Crippen LogP contribution < -0.4 is 10.1 Å². The number of ether oxygens (including phenoxy) is 1. The number of carbonyl (C=O) groups excluding carboxylic acids is 1. The molecule has 6 nitrogen and oxygen atoms in total. The molecule has 1 heterocycles. The van der Waals surface area contributed by atoms with E-state index < -0.39 is 0 Å². The summed E-state index contributed by atoms with van der Waals surface area (Å²) in [6.45, 7) is 8.21. The number of hydrogen-bond donors (Lipinski definition) is 1. The third kappa shape index (κ3) is 7.01. The number of benzene rings is 2. The number of thioether (sulfide) groups is 1. The van der Waals surface area contributed by atoms with Gasteiger partial charge in [0.15, 0.2) is 11.0 Å². The first-order valence-corrected chi connectivity index (χ1v) is 13.5. The molecule has 0 saturated carbocycles. The number of unbranched alkanes of at least 4 members (excludes halogenated alkanes) is 1. The van der Waals surface area contributed by atoms with Gasteiger partial charge in [-0.05, 0) is 62.1 Å². The van der Waals surface area contributed by atoms with Crippen molar-refractivity contribution in [1.29, 1.82) is 0 Å². The number of aromatic nitrogens is 3. The Kier molecular flexibility index (Phi) is 10.0. The van der Waals surface area contributed by atoms with Gasteiger partial charge in [-0.2, -0.15) is 0 Å². The van der Waals surface area contributed by atoms with Crippen molar-refractivity contribution >= 4 is 29.3 Å². The van der Waals surface area contributed by atoms with E-state index in [0.717, 1.165) is 53.4 Å². The molecule has 1 N–H and O–H groups in total. The van der Waals surface area contributed by atoms with Gasteiger partial charge in [0, 0.05) is 16.7 Å². The standard InChI is InChI=1S/C27H35ClN4O2S/c1-6-8-11-21(7-2)26(33)29-19(4)25-30-31-27(32(25)24-16-22(28)14-13-18(24)3)35-17-20-10-9-12-23(15-20)34-5/h9-10,12-16,19,21H,6-8,11,17H2,1-5H3,(H,29,33). The van der Waals surface area contributed by atoms with Gasteiger partial charge in [-0.3, -0.25) is 9.36 Å². The van der Waals surface area contributed by atoms with Gasteiger partial charge in [0.2, 0.25) is 5.91 Å². The van der Waals surface area contributed by atoms with Gasteiger partial charge in [-0.15, -0.1) is 10.2 Å². The quantitative estimate of drug-likeness (QED) is 0.265. The molecule has 0 fully saturated rings. The first-order valence-electron chi connectivity index (χ1n) is 12.2. The van der Waals surface area contributed by atoms with Crippen LogP contribution in [0.1, 0.15) is 69.4 Å². The monoisotopic (exact) mass is 514 g/mol.